The van der Waals surface area contributed by atoms with Crippen LogP contribution in [-0.4, -0.2) is 85.7 Å². The van der Waals surface area contributed by atoms with Gasteiger partial charge in [-0.25, -0.2) is 9.63 Å². The molecule has 0 aromatic carbocycles. The molecule has 2 N–H and O–H groups in total. The summed E-state index contributed by atoms with van der Waals surface area (Å²) in [6, 6.07) is 0. The third-order valence-electron chi connectivity index (χ3n) is 0.871. The summed E-state index contributed by atoms with van der Waals surface area (Å²) in [7, 11) is -4.38. The third-order valence-corrected chi connectivity index (χ3v) is 1.29. The van der Waals surface area contributed by atoms with Crippen molar-refractivity contribution >= 4 is 65.5 Å². The number of hydrogen-bond acceptors (Lipinski definition) is 4. The van der Waals surface area contributed by atoms with Crippen LogP contribution in [0.15, 0.2) is 4.99 Å². The van der Waals surface area contributed by atoms with Crippen LogP contribution < -0.4 is 0 Å². The van der Waals surface area contributed by atoms with E-state index in [-0.39, 0.29) is 51.4 Å². The zero-order valence-corrected chi connectivity index (χ0v) is 5.94. The van der Waals surface area contributed by atoms with Gasteiger partial charge in [0, 0.05) is 0 Å². The Balaban J connectivity index is 0.000001000. The average Bonchev–Trinajstić information content (AvgIpc) is 2.12. The summed E-state index contributed by atoms with van der Waals surface area (Å²) in [6.07, 6.45) is 1.25. The molecule has 1 aliphatic rings. The quantitative estimate of drug-likeness (QED) is 0.433. The van der Waals surface area contributed by atoms with E-state index in [4.69, 9.17) is 9.79 Å². The van der Waals surface area contributed by atoms with Crippen molar-refractivity contribution < 1.29 is 19.0 Å². The number of hydroxylamine groups is 2. The zero-order valence-electron chi connectivity index (χ0n) is 5.04. The van der Waals surface area contributed by atoms with Crippen molar-refractivity contribution in [2.24, 2.45) is 4.99 Å². The number of phosphoric acid groups is 1. The molecule has 1 heterocycles. The Hall–Kier alpha value is 1.22. The van der Waals surface area contributed by atoms with Gasteiger partial charge in [-0.2, -0.15) is 4.62 Å². The van der Waals surface area contributed by atoms with Gasteiger partial charge in [0.15, 0.2) is 0 Å². The Morgan fingerprint density at radius 3 is 2.64 bits per heavy atom. The summed E-state index contributed by atoms with van der Waals surface area (Å²) in [5.74, 6) is 0. The van der Waals surface area contributed by atoms with Crippen LogP contribution in [0, 0.1) is 0 Å². The van der Waals surface area contributed by atoms with Crippen LogP contribution in [0.25, 0.3) is 0 Å². The molecule has 0 fully saturated rings. The van der Waals surface area contributed by atoms with Crippen LogP contribution in [0.2, 0.25) is 0 Å². The Morgan fingerprint density at radius 2 is 2.27 bits per heavy atom. The Kier molecular flexibility index (Phi) is 5.62. The molecule has 0 unspecified atom stereocenters. The molecule has 0 radical (unpaired) electrons. The number of aliphatic imine (C=N–C) groups is 1. The predicted octanol–water partition coefficient (Wildman–Crippen LogP) is -1.29. The van der Waals surface area contributed by atoms with Gasteiger partial charge in [-0.15, -0.1) is 0 Å². The van der Waals surface area contributed by atoms with E-state index in [1.807, 2.05) is 0 Å². The van der Waals surface area contributed by atoms with E-state index >= 15 is 0 Å². The molecule has 0 saturated heterocycles. The summed E-state index contributed by atoms with van der Waals surface area (Å²) < 4.78 is 14.3. The molecule has 6 nitrogen and oxygen atoms in total. The monoisotopic (exact) mass is 206 g/mol. The second-order valence-electron chi connectivity index (χ2n) is 1.73. The van der Waals surface area contributed by atoms with Crippen molar-refractivity contribution in [1.82, 2.24) is 5.06 Å². The summed E-state index contributed by atoms with van der Waals surface area (Å²) >= 11 is 0. The molecule has 1 rings (SSSR count). The fourth-order valence-corrected chi connectivity index (χ4v) is 0.958. The first-order chi connectivity index (χ1) is 4.58. The normalized spacial score (nSPS) is 16.7. The van der Waals surface area contributed by atoms with Crippen LogP contribution >= 0.6 is 7.82 Å². The minimum atomic E-state index is -4.38. The van der Waals surface area contributed by atoms with Crippen molar-refractivity contribution in [2.75, 3.05) is 13.1 Å². The number of hydrogen-bond donors (Lipinski definition) is 2. The summed E-state index contributed by atoms with van der Waals surface area (Å²) in [4.78, 5) is 20.2. The summed E-state index contributed by atoms with van der Waals surface area (Å²) in [5, 5.41) is 1.01. The van der Waals surface area contributed by atoms with Gasteiger partial charge < -0.3 is 9.79 Å². The standard InChI is InChI=1S/C3H7N2O4P.K.H/c6-10(7,8)9-5-2-1-4-3-5;;/h3H,1-2H2,(H2,6,7,8);;. The van der Waals surface area contributed by atoms with Gasteiger partial charge in [-0.1, -0.05) is 0 Å². The molecule has 0 amide bonds. The van der Waals surface area contributed by atoms with Gasteiger partial charge in [-0.05, 0) is 0 Å². The fourth-order valence-electron chi connectivity index (χ4n) is 0.561. The number of nitrogens with zero attached hydrogens (tertiary/aromatic N) is 2. The SMILES string of the molecule is O=P(O)(O)ON1C=NCC1.[KH]. The molecular formula is C3H8KN2O4P. The van der Waals surface area contributed by atoms with Crippen molar-refractivity contribution in [3.8, 4) is 0 Å². The summed E-state index contributed by atoms with van der Waals surface area (Å²) in [6.45, 7) is 0.908. The Labute approximate surface area is 106 Å². The molecule has 60 valence electrons. The van der Waals surface area contributed by atoms with E-state index in [0.717, 1.165) is 5.06 Å². The maximum absolute atomic E-state index is 10.2. The van der Waals surface area contributed by atoms with E-state index in [9.17, 15) is 4.57 Å². The second-order valence-corrected chi connectivity index (χ2v) is 2.88. The van der Waals surface area contributed by atoms with E-state index in [0.29, 0.717) is 13.1 Å². The molecule has 8 heteroatoms. The maximum atomic E-state index is 10.2. The second kappa shape index (κ2) is 5.06. The Bertz CT molecular complexity index is 192. The van der Waals surface area contributed by atoms with Gasteiger partial charge in [0.05, 0.1) is 13.1 Å². The van der Waals surface area contributed by atoms with Crippen LogP contribution in [0.5, 0.6) is 0 Å². The average molecular weight is 206 g/mol. The fraction of sp³-hybridized carbons (Fsp3) is 0.667. The topological polar surface area (TPSA) is 82.4 Å². The van der Waals surface area contributed by atoms with Gasteiger partial charge in [0.1, 0.15) is 6.34 Å². The van der Waals surface area contributed by atoms with E-state index in [2.05, 4.69) is 9.62 Å². The van der Waals surface area contributed by atoms with Gasteiger partial charge in [0.2, 0.25) is 0 Å². The molecule has 0 atom stereocenters. The molecule has 0 bridgehead atoms. The minimum absolute atomic E-state index is 0. The zero-order chi connectivity index (χ0) is 7.61. The third kappa shape index (κ3) is 5.45. The molecular weight excluding hydrogens is 198 g/mol. The summed E-state index contributed by atoms with van der Waals surface area (Å²) in [5.41, 5.74) is 0. The molecule has 0 spiro atoms. The predicted molar refractivity (Wildman–Crippen MR) is 40.3 cm³/mol. The van der Waals surface area contributed by atoms with Crippen LogP contribution in [0.4, 0.5) is 0 Å². The molecule has 1 aliphatic heterocycles. The van der Waals surface area contributed by atoms with Crippen molar-refractivity contribution in [3.63, 3.8) is 0 Å². The first kappa shape index (κ1) is 12.2. The van der Waals surface area contributed by atoms with E-state index in [1.165, 1.54) is 6.34 Å². The van der Waals surface area contributed by atoms with E-state index in [1.54, 1.807) is 0 Å². The molecule has 0 aromatic rings. The van der Waals surface area contributed by atoms with Gasteiger partial charge in [-0.3, -0.25) is 4.99 Å². The van der Waals surface area contributed by atoms with Gasteiger partial charge >= 0.3 is 59.2 Å². The molecule has 11 heavy (non-hydrogen) atoms. The van der Waals surface area contributed by atoms with Crippen LogP contribution in [0.1, 0.15) is 0 Å². The van der Waals surface area contributed by atoms with Crippen LogP contribution in [0.3, 0.4) is 0 Å². The van der Waals surface area contributed by atoms with Crippen LogP contribution in [-0.2, 0) is 9.19 Å². The van der Waals surface area contributed by atoms with E-state index < -0.39 is 7.82 Å². The van der Waals surface area contributed by atoms with Gasteiger partial charge in [0.25, 0.3) is 0 Å². The molecule has 0 aliphatic carbocycles. The first-order valence-electron chi connectivity index (χ1n) is 2.60. The van der Waals surface area contributed by atoms with Crippen molar-refractivity contribution in [1.29, 1.82) is 0 Å². The molecule has 0 aromatic heterocycles. The Morgan fingerprint density at radius 1 is 1.64 bits per heavy atom. The first-order valence-corrected chi connectivity index (χ1v) is 4.13. The van der Waals surface area contributed by atoms with Crippen molar-refractivity contribution in [2.45, 2.75) is 0 Å². The number of rotatable bonds is 2. The molecule has 0 saturated carbocycles. The van der Waals surface area contributed by atoms with Crippen molar-refractivity contribution in [3.05, 3.63) is 0 Å².